The number of thioether (sulfide) groups is 1. The molecule has 1 unspecified atom stereocenters. The Hall–Kier alpha value is -2.83. The summed E-state index contributed by atoms with van der Waals surface area (Å²) in [6.45, 7) is 20.6. The molecular formula is C28H35FN4S. The van der Waals surface area contributed by atoms with Crippen LogP contribution in [0.1, 0.15) is 24.0 Å². The van der Waals surface area contributed by atoms with Crippen molar-refractivity contribution < 1.29 is 4.39 Å². The molecule has 0 spiro atoms. The topological polar surface area (TPSA) is 44.9 Å². The highest BCUT2D eigenvalue weighted by atomic mass is 32.2. The highest BCUT2D eigenvalue weighted by Gasteiger charge is 2.24. The first-order chi connectivity index (χ1) is 16.4. The number of allylic oxidation sites excluding steroid dienone is 1. The first-order valence-corrected chi connectivity index (χ1v) is 12.6. The molecule has 0 aliphatic carbocycles. The van der Waals surface area contributed by atoms with E-state index < -0.39 is 0 Å². The molecular weight excluding hydrogens is 443 g/mol. The van der Waals surface area contributed by atoms with Gasteiger partial charge in [-0.25, -0.2) is 4.39 Å². The van der Waals surface area contributed by atoms with Crippen molar-refractivity contribution in [2.45, 2.75) is 37.1 Å². The number of halogens is 1. The molecule has 0 bridgehead atoms. The number of benzene rings is 2. The predicted octanol–water partition coefficient (Wildman–Crippen LogP) is 6.29. The molecule has 0 amide bonds. The van der Waals surface area contributed by atoms with Gasteiger partial charge >= 0.3 is 0 Å². The predicted molar refractivity (Wildman–Crippen MR) is 145 cm³/mol. The second kappa shape index (κ2) is 12.0. The van der Waals surface area contributed by atoms with Crippen LogP contribution in [0, 0.1) is 12.7 Å². The summed E-state index contributed by atoms with van der Waals surface area (Å²) in [4.78, 5) is 9.24. The fourth-order valence-electron chi connectivity index (χ4n) is 4.55. The lowest BCUT2D eigenvalue weighted by molar-refractivity contribution is 0.133. The Morgan fingerprint density at radius 2 is 2.06 bits per heavy atom. The van der Waals surface area contributed by atoms with E-state index in [0.29, 0.717) is 16.6 Å². The summed E-state index contributed by atoms with van der Waals surface area (Å²) < 4.78 is 14.4. The summed E-state index contributed by atoms with van der Waals surface area (Å²) in [6.07, 6.45) is 6.86. The lowest BCUT2D eigenvalue weighted by atomic mass is 9.94. The molecule has 3 rings (SSSR count). The van der Waals surface area contributed by atoms with Gasteiger partial charge in [-0.05, 0) is 74.0 Å². The normalized spacial score (nSPS) is 15.8. The summed E-state index contributed by atoms with van der Waals surface area (Å²) in [6, 6.07) is 10.1. The first-order valence-electron chi connectivity index (χ1n) is 11.6. The van der Waals surface area contributed by atoms with Gasteiger partial charge in [0.15, 0.2) is 0 Å². The second-order valence-electron chi connectivity index (χ2n) is 8.49. The van der Waals surface area contributed by atoms with Crippen LogP contribution < -0.4 is 5.73 Å². The average Bonchev–Trinajstić information content (AvgIpc) is 2.85. The van der Waals surface area contributed by atoms with Crippen molar-refractivity contribution in [3.63, 3.8) is 0 Å². The van der Waals surface area contributed by atoms with Crippen molar-refractivity contribution in [3.8, 4) is 11.1 Å². The van der Waals surface area contributed by atoms with Crippen LogP contribution in [-0.4, -0.2) is 48.1 Å². The summed E-state index contributed by atoms with van der Waals surface area (Å²) >= 11 is 1.24. The van der Waals surface area contributed by atoms with E-state index in [9.17, 15) is 4.39 Å². The molecule has 0 aromatic heterocycles. The van der Waals surface area contributed by atoms with Crippen LogP contribution in [0.4, 0.5) is 10.1 Å². The number of hydrogen-bond donors (Lipinski definition) is 1. The first kappa shape index (κ1) is 25.8. The molecule has 0 saturated carbocycles. The highest BCUT2D eigenvalue weighted by molar-refractivity contribution is 7.99. The molecule has 1 fully saturated rings. The molecule has 1 atom stereocenters. The van der Waals surface area contributed by atoms with Crippen molar-refractivity contribution in [2.75, 3.05) is 25.5 Å². The standard InChI is InChI=1S/C28H35FN4S/c1-6-21(4)33-16-15-32(7-2)24(18-33)10-8-9-22-17-23(12-11-20(22)3)25-13-14-26(29)28(34-19-30)27(25)31-5/h6-7,11-14,17,24H,1-2,4-5,8-10,15-16,18-19,30H2,3H3. The zero-order valence-electron chi connectivity index (χ0n) is 20.1. The number of hydrogen-bond acceptors (Lipinski definition) is 5. The van der Waals surface area contributed by atoms with Crippen LogP contribution in [0.3, 0.4) is 0 Å². The summed E-state index contributed by atoms with van der Waals surface area (Å²) in [5, 5.41) is 0. The Morgan fingerprint density at radius 1 is 1.26 bits per heavy atom. The fourth-order valence-corrected chi connectivity index (χ4v) is 5.23. The zero-order valence-corrected chi connectivity index (χ0v) is 20.9. The third-order valence-corrected chi connectivity index (χ3v) is 7.36. The Balaban J connectivity index is 1.77. The number of piperazine rings is 1. The minimum atomic E-state index is -0.318. The summed E-state index contributed by atoms with van der Waals surface area (Å²) in [5.74, 6) is -0.0379. The van der Waals surface area contributed by atoms with Crippen molar-refractivity contribution >= 4 is 24.2 Å². The summed E-state index contributed by atoms with van der Waals surface area (Å²) in [5.41, 5.74) is 11.6. The molecule has 1 saturated heterocycles. The van der Waals surface area contributed by atoms with Gasteiger partial charge in [-0.15, -0.1) is 11.8 Å². The quantitative estimate of drug-likeness (QED) is 0.178. The maximum absolute atomic E-state index is 14.4. The van der Waals surface area contributed by atoms with Crippen LogP contribution in [0.25, 0.3) is 11.1 Å². The van der Waals surface area contributed by atoms with Gasteiger partial charge in [0, 0.05) is 42.8 Å². The monoisotopic (exact) mass is 478 g/mol. The van der Waals surface area contributed by atoms with Gasteiger partial charge in [0.25, 0.3) is 0 Å². The molecule has 180 valence electrons. The van der Waals surface area contributed by atoms with Gasteiger partial charge in [0.2, 0.25) is 0 Å². The van der Waals surface area contributed by atoms with Gasteiger partial charge in [-0.1, -0.05) is 37.9 Å². The average molecular weight is 479 g/mol. The van der Waals surface area contributed by atoms with Gasteiger partial charge in [0.05, 0.1) is 10.6 Å². The van der Waals surface area contributed by atoms with Gasteiger partial charge in [-0.3, -0.25) is 4.99 Å². The van der Waals surface area contributed by atoms with Crippen LogP contribution >= 0.6 is 11.8 Å². The number of nitrogens with two attached hydrogens (primary N) is 1. The van der Waals surface area contributed by atoms with E-state index in [2.05, 4.69) is 66.4 Å². The van der Waals surface area contributed by atoms with E-state index in [1.165, 1.54) is 29.0 Å². The second-order valence-corrected chi connectivity index (χ2v) is 9.52. The maximum Gasteiger partial charge on any atom is 0.139 e. The van der Waals surface area contributed by atoms with Crippen LogP contribution in [0.5, 0.6) is 0 Å². The van der Waals surface area contributed by atoms with E-state index in [0.717, 1.165) is 55.7 Å². The van der Waals surface area contributed by atoms with Crippen molar-refractivity contribution in [1.29, 1.82) is 0 Å². The number of rotatable bonds is 11. The van der Waals surface area contributed by atoms with E-state index in [1.807, 2.05) is 12.3 Å². The van der Waals surface area contributed by atoms with Crippen molar-refractivity contribution in [1.82, 2.24) is 9.80 Å². The van der Waals surface area contributed by atoms with Gasteiger partial charge in [-0.2, -0.15) is 0 Å². The third kappa shape index (κ3) is 5.80. The maximum atomic E-state index is 14.4. The van der Waals surface area contributed by atoms with E-state index in [1.54, 1.807) is 6.07 Å². The molecule has 34 heavy (non-hydrogen) atoms. The lowest BCUT2D eigenvalue weighted by Gasteiger charge is -2.42. The smallest absolute Gasteiger partial charge is 0.139 e. The van der Waals surface area contributed by atoms with Crippen molar-refractivity contribution in [3.05, 3.63) is 85.0 Å². The zero-order chi connectivity index (χ0) is 24.7. The fraction of sp³-hybridized carbons (Fsp3) is 0.321. The van der Waals surface area contributed by atoms with Crippen molar-refractivity contribution in [2.24, 2.45) is 10.7 Å². The number of aliphatic imine (C=N–C) groups is 1. The molecule has 2 N–H and O–H groups in total. The van der Waals surface area contributed by atoms with Crippen LogP contribution in [0.2, 0.25) is 0 Å². The van der Waals surface area contributed by atoms with Gasteiger partial charge in [0.1, 0.15) is 5.82 Å². The minimum absolute atomic E-state index is 0.280. The lowest BCUT2D eigenvalue weighted by Crippen LogP contribution is -2.50. The number of aryl methyl sites for hydroxylation is 2. The molecule has 0 radical (unpaired) electrons. The van der Waals surface area contributed by atoms with Crippen LogP contribution in [0.15, 0.2) is 77.9 Å². The minimum Gasteiger partial charge on any atom is -0.371 e. The SMILES string of the molecule is C=CC(=C)N1CCN(C=C)C(CCCc2cc(-c3ccc(F)c(SCN)c3N=C)ccc2C)C1. The van der Waals surface area contributed by atoms with E-state index in [-0.39, 0.29) is 11.7 Å². The highest BCUT2D eigenvalue weighted by Crippen LogP contribution is 2.40. The molecule has 6 heteroatoms. The third-order valence-electron chi connectivity index (χ3n) is 6.52. The van der Waals surface area contributed by atoms with Crippen LogP contribution in [-0.2, 0) is 6.42 Å². The molecule has 2 aromatic rings. The molecule has 1 aliphatic heterocycles. The summed E-state index contributed by atoms with van der Waals surface area (Å²) in [7, 11) is 0. The Labute approximate surface area is 207 Å². The van der Waals surface area contributed by atoms with Gasteiger partial charge < -0.3 is 15.5 Å². The largest absolute Gasteiger partial charge is 0.371 e. The number of nitrogens with zero attached hydrogens (tertiary/aromatic N) is 3. The van der Waals surface area contributed by atoms with E-state index >= 15 is 0 Å². The Morgan fingerprint density at radius 3 is 2.74 bits per heavy atom. The Kier molecular flexibility index (Phi) is 9.13. The van der Waals surface area contributed by atoms with E-state index in [4.69, 9.17) is 5.73 Å². The molecule has 1 aliphatic rings. The Bertz CT molecular complexity index is 1060. The molecule has 2 aromatic carbocycles. The molecule has 4 nitrogen and oxygen atoms in total. The molecule has 1 heterocycles.